The van der Waals surface area contributed by atoms with Crippen LogP contribution in [0.4, 0.5) is 0 Å². The molecule has 1 aromatic rings. The van der Waals surface area contributed by atoms with Gasteiger partial charge in [-0.05, 0) is 42.9 Å². The molecule has 218 valence electrons. The summed E-state index contributed by atoms with van der Waals surface area (Å²) in [5.74, 6) is -0.279. The number of carbonyl (C=O) groups is 2. The molecule has 2 heterocycles. The van der Waals surface area contributed by atoms with Gasteiger partial charge < -0.3 is 24.0 Å². The molecule has 2 aliphatic rings. The average molecular weight is 545 g/mol. The topological polar surface area (TPSA) is 79.3 Å². The third-order valence-electron chi connectivity index (χ3n) is 7.94. The number of unbranched alkanes of at least 4 members (excludes halogenated alkanes) is 1. The molecule has 3 rings (SSSR count). The molecule has 8 heteroatoms. The number of benzene rings is 1. The molecule has 39 heavy (non-hydrogen) atoms. The van der Waals surface area contributed by atoms with Crippen molar-refractivity contribution in [2.24, 2.45) is 11.3 Å². The van der Waals surface area contributed by atoms with Gasteiger partial charge in [-0.15, -0.1) is 0 Å². The van der Waals surface area contributed by atoms with Crippen molar-refractivity contribution in [2.75, 3.05) is 60.7 Å². The Labute approximate surface area is 235 Å². The molecule has 0 saturated carbocycles. The van der Waals surface area contributed by atoms with E-state index >= 15 is 0 Å². The lowest BCUT2D eigenvalue weighted by atomic mass is 9.77. The Hall–Kier alpha value is -2.58. The normalized spacial score (nSPS) is 21.6. The third-order valence-corrected chi connectivity index (χ3v) is 7.94. The fourth-order valence-electron chi connectivity index (χ4n) is 6.01. The molecule has 3 atom stereocenters. The molecule has 1 N–H and O–H groups in total. The van der Waals surface area contributed by atoms with Crippen molar-refractivity contribution >= 4 is 11.9 Å². The Morgan fingerprint density at radius 1 is 1.15 bits per heavy atom. The third kappa shape index (κ3) is 8.45. The second-order valence-corrected chi connectivity index (χ2v) is 12.9. The number of rotatable bonds is 14. The van der Waals surface area contributed by atoms with Crippen LogP contribution in [0.15, 0.2) is 30.4 Å². The number of likely N-dealkylation sites (tertiary alicyclic amines) is 1. The standard InChI is InChI=1S/C31H49N3O5/c1-8-10-15-32(16-11-17-34(5,6)7)28(35)21-33-20-24(23-12-13-26-27(18-23)39-22-38-26)29(30(36)37)25(33)19-31(3,4)14-9-2/h9,12-14,18,24-25,29H,8,10-11,15-17,19-22H2,1-7H3/p+1/b14-9+/t24-,25+,29-/m1/s1. The Morgan fingerprint density at radius 2 is 1.85 bits per heavy atom. The van der Waals surface area contributed by atoms with Crippen molar-refractivity contribution in [1.29, 1.82) is 0 Å². The van der Waals surface area contributed by atoms with Gasteiger partial charge in [0.05, 0.1) is 40.2 Å². The van der Waals surface area contributed by atoms with Gasteiger partial charge in [0.2, 0.25) is 12.7 Å². The van der Waals surface area contributed by atoms with Crippen LogP contribution in [0.5, 0.6) is 11.5 Å². The highest BCUT2D eigenvalue weighted by molar-refractivity contribution is 5.79. The first-order valence-electron chi connectivity index (χ1n) is 14.4. The quantitative estimate of drug-likeness (QED) is 0.272. The molecule has 0 bridgehead atoms. The lowest BCUT2D eigenvalue weighted by Crippen LogP contribution is -2.46. The molecule has 0 aliphatic carbocycles. The fraction of sp³-hybridized carbons (Fsp3) is 0.677. The van der Waals surface area contributed by atoms with Gasteiger partial charge in [0.25, 0.3) is 0 Å². The smallest absolute Gasteiger partial charge is 0.308 e. The molecule has 1 fully saturated rings. The second-order valence-electron chi connectivity index (χ2n) is 12.9. The summed E-state index contributed by atoms with van der Waals surface area (Å²) < 4.78 is 11.9. The maximum Gasteiger partial charge on any atom is 0.308 e. The zero-order valence-electron chi connectivity index (χ0n) is 25.1. The van der Waals surface area contributed by atoms with Gasteiger partial charge >= 0.3 is 5.97 Å². The molecule has 8 nitrogen and oxygen atoms in total. The fourth-order valence-corrected chi connectivity index (χ4v) is 6.01. The summed E-state index contributed by atoms with van der Waals surface area (Å²) >= 11 is 0. The van der Waals surface area contributed by atoms with Gasteiger partial charge in [-0.2, -0.15) is 0 Å². The minimum atomic E-state index is -0.820. The minimum absolute atomic E-state index is 0.0918. The van der Waals surface area contributed by atoms with Crippen molar-refractivity contribution in [3.05, 3.63) is 35.9 Å². The highest BCUT2D eigenvalue weighted by Gasteiger charge is 2.48. The molecular weight excluding hydrogens is 494 g/mol. The Balaban J connectivity index is 1.88. The van der Waals surface area contributed by atoms with E-state index in [1.807, 2.05) is 36.1 Å². The van der Waals surface area contributed by atoms with Crippen LogP contribution in [-0.2, 0) is 9.59 Å². The summed E-state index contributed by atoms with van der Waals surface area (Å²) in [6.45, 7) is 11.8. The van der Waals surface area contributed by atoms with Crippen LogP contribution in [-0.4, -0.2) is 98.0 Å². The first-order valence-corrected chi connectivity index (χ1v) is 14.4. The van der Waals surface area contributed by atoms with Gasteiger partial charge in [0.1, 0.15) is 0 Å². The van der Waals surface area contributed by atoms with Crippen molar-refractivity contribution in [3.8, 4) is 11.5 Å². The van der Waals surface area contributed by atoms with Crippen LogP contribution in [0.3, 0.4) is 0 Å². The first-order chi connectivity index (χ1) is 18.3. The van der Waals surface area contributed by atoms with E-state index in [-0.39, 0.29) is 36.6 Å². The number of carboxylic acid groups (broad SMARTS) is 1. The first kappa shape index (κ1) is 31.0. The number of aliphatic carboxylic acids is 1. The number of ether oxygens (including phenoxy) is 2. The van der Waals surface area contributed by atoms with Gasteiger partial charge in [0, 0.05) is 38.0 Å². The maximum atomic E-state index is 13.8. The Bertz CT molecular complexity index is 1020. The van der Waals surface area contributed by atoms with Crippen LogP contribution in [0.2, 0.25) is 0 Å². The molecule has 2 aliphatic heterocycles. The summed E-state index contributed by atoms with van der Waals surface area (Å²) in [6.07, 6.45) is 7.74. The molecule has 0 aromatic heterocycles. The number of fused-ring (bicyclic) bond motifs is 1. The molecule has 0 radical (unpaired) electrons. The van der Waals surface area contributed by atoms with E-state index in [1.54, 1.807) is 0 Å². The van der Waals surface area contributed by atoms with E-state index in [0.29, 0.717) is 24.5 Å². The molecule has 1 amide bonds. The van der Waals surface area contributed by atoms with E-state index in [0.717, 1.165) is 48.9 Å². The Kier molecular flexibility index (Phi) is 10.5. The van der Waals surface area contributed by atoms with Crippen molar-refractivity contribution in [1.82, 2.24) is 9.80 Å². The molecule has 0 unspecified atom stereocenters. The highest BCUT2D eigenvalue weighted by Crippen LogP contribution is 2.45. The number of quaternary nitrogens is 1. The van der Waals surface area contributed by atoms with Crippen LogP contribution < -0.4 is 9.47 Å². The summed E-state index contributed by atoms with van der Waals surface area (Å²) in [5, 5.41) is 10.5. The highest BCUT2D eigenvalue weighted by atomic mass is 16.7. The zero-order valence-corrected chi connectivity index (χ0v) is 25.1. The zero-order chi connectivity index (χ0) is 28.8. The predicted molar refractivity (Wildman–Crippen MR) is 154 cm³/mol. The van der Waals surface area contributed by atoms with E-state index in [1.165, 1.54) is 0 Å². The van der Waals surface area contributed by atoms with E-state index in [2.05, 4.69) is 52.9 Å². The number of carbonyl (C=O) groups excluding carboxylic acids is 1. The number of allylic oxidation sites excluding steroid dienone is 2. The van der Waals surface area contributed by atoms with E-state index in [9.17, 15) is 14.7 Å². The lowest BCUT2D eigenvalue weighted by molar-refractivity contribution is -0.870. The van der Waals surface area contributed by atoms with Crippen molar-refractivity contribution < 1.29 is 28.7 Å². The van der Waals surface area contributed by atoms with Crippen molar-refractivity contribution in [3.63, 3.8) is 0 Å². The number of hydrogen-bond acceptors (Lipinski definition) is 5. The largest absolute Gasteiger partial charge is 0.481 e. The molecule has 1 saturated heterocycles. The number of carboxylic acids is 1. The van der Waals surface area contributed by atoms with E-state index < -0.39 is 11.9 Å². The number of amides is 1. The van der Waals surface area contributed by atoms with Crippen LogP contribution in [0.25, 0.3) is 0 Å². The molecule has 1 aromatic carbocycles. The molecular formula is C31H50N3O5+. The molecule has 0 spiro atoms. The summed E-state index contributed by atoms with van der Waals surface area (Å²) in [6, 6.07) is 5.46. The number of nitrogens with zero attached hydrogens (tertiary/aromatic N) is 3. The minimum Gasteiger partial charge on any atom is -0.481 e. The average Bonchev–Trinajstić information content (AvgIpc) is 3.44. The number of hydrogen-bond donors (Lipinski definition) is 1. The summed E-state index contributed by atoms with van der Waals surface area (Å²) in [5.41, 5.74) is 0.714. The lowest BCUT2D eigenvalue weighted by Gasteiger charge is -2.34. The predicted octanol–water partition coefficient (Wildman–Crippen LogP) is 4.60. The van der Waals surface area contributed by atoms with Crippen molar-refractivity contribution in [2.45, 2.75) is 65.3 Å². The Morgan fingerprint density at radius 3 is 2.49 bits per heavy atom. The van der Waals surface area contributed by atoms with Crippen LogP contribution >= 0.6 is 0 Å². The summed E-state index contributed by atoms with van der Waals surface area (Å²) in [7, 11) is 6.51. The second kappa shape index (κ2) is 13.2. The monoisotopic (exact) mass is 544 g/mol. The maximum absolute atomic E-state index is 13.8. The van der Waals surface area contributed by atoms with Gasteiger partial charge in [-0.25, -0.2) is 0 Å². The van der Waals surface area contributed by atoms with Gasteiger partial charge in [-0.3, -0.25) is 14.5 Å². The van der Waals surface area contributed by atoms with Crippen LogP contribution in [0, 0.1) is 11.3 Å². The van der Waals surface area contributed by atoms with Crippen LogP contribution in [0.1, 0.15) is 64.9 Å². The van der Waals surface area contributed by atoms with Gasteiger partial charge in [0.15, 0.2) is 11.5 Å². The van der Waals surface area contributed by atoms with E-state index in [4.69, 9.17) is 9.47 Å². The SMILES string of the molecule is C/C=C/C(C)(C)C[C@H]1[C@H](C(=O)O)[C@@H](c2ccc3c(c2)OCO3)CN1CC(=O)N(CCCC)CCC[N+](C)(C)C. The van der Waals surface area contributed by atoms with Gasteiger partial charge in [-0.1, -0.05) is 45.4 Å². The summed E-state index contributed by atoms with van der Waals surface area (Å²) in [4.78, 5) is 30.7.